The van der Waals surface area contributed by atoms with Crippen LogP contribution in [0.4, 0.5) is 0 Å². The molecule has 0 aliphatic rings. The predicted molar refractivity (Wildman–Crippen MR) is 72.9 cm³/mol. The monoisotopic (exact) mass is 311 g/mol. The minimum atomic E-state index is -4.04. The van der Waals surface area contributed by atoms with Crippen molar-refractivity contribution >= 4 is 26.8 Å². The summed E-state index contributed by atoms with van der Waals surface area (Å²) < 4.78 is 26.3. The molecule has 2 rings (SSSR count). The van der Waals surface area contributed by atoms with Crippen LogP contribution in [0, 0.1) is 0 Å². The lowest BCUT2D eigenvalue weighted by Gasteiger charge is -2.14. The van der Waals surface area contributed by atoms with Gasteiger partial charge >= 0.3 is 0 Å². The van der Waals surface area contributed by atoms with Crippen LogP contribution in [0.15, 0.2) is 41.4 Å². The van der Waals surface area contributed by atoms with Crippen LogP contribution in [0.2, 0.25) is 0 Å². The van der Waals surface area contributed by atoms with E-state index in [1.54, 1.807) is 18.2 Å². The maximum absolute atomic E-state index is 12.2. The molecule has 0 spiro atoms. The minimum absolute atomic E-state index is 0.0992. The first-order valence-corrected chi connectivity index (χ1v) is 7.38. The summed E-state index contributed by atoms with van der Waals surface area (Å²) >= 11 is 0. The van der Waals surface area contributed by atoms with Crippen molar-refractivity contribution in [1.82, 2.24) is 15.2 Å². The highest BCUT2D eigenvalue weighted by atomic mass is 32.2. The number of benzene rings is 1. The third-order valence-corrected chi connectivity index (χ3v) is 4.26. The Hall–Kier alpha value is -2.07. The van der Waals surface area contributed by atoms with Crippen LogP contribution < -0.4 is 10.2 Å². The van der Waals surface area contributed by atoms with E-state index in [9.17, 15) is 13.2 Å². The topological polar surface area (TPSA) is 129 Å². The summed E-state index contributed by atoms with van der Waals surface area (Å²) in [4.78, 5) is 15.1. The van der Waals surface area contributed by atoms with Crippen LogP contribution in [0.1, 0.15) is 0 Å². The highest BCUT2D eigenvalue weighted by molar-refractivity contribution is 7.89. The van der Waals surface area contributed by atoms with Gasteiger partial charge in [-0.25, -0.2) is 13.9 Å². The van der Waals surface area contributed by atoms with E-state index >= 15 is 0 Å². The van der Waals surface area contributed by atoms with Gasteiger partial charge in [-0.15, -0.1) is 0 Å². The van der Waals surface area contributed by atoms with Gasteiger partial charge in [0.1, 0.15) is 6.04 Å². The smallest absolute Gasteiger partial charge is 0.263 e. The number of nitrogens with one attached hydrogen (secondary N) is 2. The van der Waals surface area contributed by atoms with Crippen LogP contribution in [-0.4, -0.2) is 42.3 Å². The highest BCUT2D eigenvalue weighted by Gasteiger charge is 2.25. The molecule has 0 bridgehead atoms. The molecule has 0 unspecified atom stereocenters. The quantitative estimate of drug-likeness (QED) is 0.430. The maximum atomic E-state index is 12.2. The number of pyridine rings is 1. The normalized spacial score (nSPS) is 13.0. The Morgan fingerprint density at radius 3 is 2.76 bits per heavy atom. The number of hydrogen-bond donors (Lipinski definition) is 4. The molecule has 1 amide bonds. The first-order valence-electron chi connectivity index (χ1n) is 5.90. The molecule has 112 valence electrons. The Labute approximate surface area is 120 Å². The summed E-state index contributed by atoms with van der Waals surface area (Å²) in [7, 11) is -4.04. The molecule has 21 heavy (non-hydrogen) atoms. The number of hydrogen-bond acceptors (Lipinski definition) is 6. The predicted octanol–water partition coefficient (Wildman–Crippen LogP) is -0.621. The van der Waals surface area contributed by atoms with E-state index in [4.69, 9.17) is 10.3 Å². The molecule has 1 heterocycles. The van der Waals surface area contributed by atoms with Gasteiger partial charge in [-0.3, -0.25) is 15.0 Å². The molecule has 0 fully saturated rings. The fourth-order valence-corrected chi connectivity index (χ4v) is 2.93. The van der Waals surface area contributed by atoms with Gasteiger partial charge in [0.15, 0.2) is 0 Å². The number of sulfonamides is 1. The summed E-state index contributed by atoms with van der Waals surface area (Å²) in [5.41, 5.74) is 1.76. The third-order valence-electron chi connectivity index (χ3n) is 2.79. The second kappa shape index (κ2) is 6.14. The van der Waals surface area contributed by atoms with Crippen molar-refractivity contribution in [3.05, 3.63) is 36.5 Å². The van der Waals surface area contributed by atoms with Crippen molar-refractivity contribution in [1.29, 1.82) is 0 Å². The second-order valence-electron chi connectivity index (χ2n) is 4.19. The fourth-order valence-electron chi connectivity index (χ4n) is 1.72. The summed E-state index contributed by atoms with van der Waals surface area (Å²) in [6.07, 6.45) is 1.53. The van der Waals surface area contributed by atoms with Gasteiger partial charge in [-0.1, -0.05) is 12.1 Å². The van der Waals surface area contributed by atoms with Gasteiger partial charge in [0.25, 0.3) is 5.91 Å². The van der Waals surface area contributed by atoms with E-state index in [1.165, 1.54) is 23.8 Å². The number of fused-ring (bicyclic) bond motifs is 1. The Bertz CT molecular complexity index is 762. The summed E-state index contributed by atoms with van der Waals surface area (Å²) in [6.45, 7) is -0.794. The Morgan fingerprint density at radius 2 is 2.10 bits per heavy atom. The Morgan fingerprint density at radius 1 is 1.33 bits per heavy atom. The maximum Gasteiger partial charge on any atom is 0.263 e. The van der Waals surface area contributed by atoms with Crippen LogP contribution in [0.3, 0.4) is 0 Å². The first-order chi connectivity index (χ1) is 9.97. The van der Waals surface area contributed by atoms with Gasteiger partial charge in [0.05, 0.1) is 17.0 Å². The van der Waals surface area contributed by atoms with Crippen molar-refractivity contribution in [3.63, 3.8) is 0 Å². The van der Waals surface area contributed by atoms with Crippen LogP contribution in [0.25, 0.3) is 10.9 Å². The minimum Gasteiger partial charge on any atom is -0.394 e. The summed E-state index contributed by atoms with van der Waals surface area (Å²) in [5.74, 6) is -1.06. The third kappa shape index (κ3) is 3.34. The number of carbonyl (C=O) groups excluding carboxylic acids is 1. The molecule has 0 saturated heterocycles. The molecular weight excluding hydrogens is 298 g/mol. The average Bonchev–Trinajstić information content (AvgIpc) is 2.51. The fraction of sp³-hybridized carbons (Fsp3) is 0.167. The number of rotatable bonds is 5. The average molecular weight is 311 g/mol. The number of hydroxylamine groups is 1. The largest absolute Gasteiger partial charge is 0.394 e. The van der Waals surface area contributed by atoms with Crippen molar-refractivity contribution in [2.45, 2.75) is 10.9 Å². The molecule has 1 aromatic heterocycles. The molecule has 0 saturated carbocycles. The first kappa shape index (κ1) is 15.3. The molecule has 9 heteroatoms. The van der Waals surface area contributed by atoms with Crippen LogP contribution in [0.5, 0.6) is 0 Å². The molecule has 8 nitrogen and oxygen atoms in total. The van der Waals surface area contributed by atoms with Gasteiger partial charge in [-0.05, 0) is 18.2 Å². The molecule has 2 aromatic rings. The zero-order chi connectivity index (χ0) is 15.5. The molecule has 0 aliphatic heterocycles. The number of aliphatic hydroxyl groups excluding tert-OH is 1. The van der Waals surface area contributed by atoms with E-state index in [-0.39, 0.29) is 4.90 Å². The number of nitrogens with zero attached hydrogens (tertiary/aromatic N) is 1. The molecule has 1 atom stereocenters. The van der Waals surface area contributed by atoms with Crippen LogP contribution in [-0.2, 0) is 14.8 Å². The van der Waals surface area contributed by atoms with Gasteiger partial charge in [0, 0.05) is 11.6 Å². The molecule has 1 aromatic carbocycles. The number of aromatic nitrogens is 1. The molecular formula is C12H13N3O5S. The van der Waals surface area contributed by atoms with E-state index in [0.717, 1.165) is 5.39 Å². The highest BCUT2D eigenvalue weighted by Crippen LogP contribution is 2.17. The zero-order valence-corrected chi connectivity index (χ0v) is 11.5. The Balaban J connectivity index is 2.35. The molecule has 0 radical (unpaired) electrons. The van der Waals surface area contributed by atoms with Gasteiger partial charge < -0.3 is 5.11 Å². The summed E-state index contributed by atoms with van der Waals surface area (Å²) in [6, 6.07) is 6.31. The van der Waals surface area contributed by atoms with E-state index in [0.29, 0.717) is 5.52 Å². The number of aliphatic hydroxyl groups is 1. The standard InChI is InChI=1S/C12H13N3O5S/c16-7-11(12(17)14-18)15-21(19,20)9-4-3-8-2-1-5-13-10(8)6-9/h1-6,11,15-16,18H,7H2,(H,14,17)/t11-/m0/s1. The van der Waals surface area contributed by atoms with Crippen LogP contribution >= 0.6 is 0 Å². The molecule has 4 N–H and O–H groups in total. The SMILES string of the molecule is O=C(NO)[C@H](CO)NS(=O)(=O)c1ccc2cccnc2c1. The lowest BCUT2D eigenvalue weighted by molar-refractivity contribution is -0.131. The van der Waals surface area contributed by atoms with Crippen molar-refractivity contribution in [2.24, 2.45) is 0 Å². The van der Waals surface area contributed by atoms with E-state index in [1.807, 2.05) is 4.72 Å². The van der Waals surface area contributed by atoms with E-state index in [2.05, 4.69) is 4.98 Å². The second-order valence-corrected chi connectivity index (χ2v) is 5.90. The van der Waals surface area contributed by atoms with Crippen molar-refractivity contribution < 1.29 is 23.5 Å². The lowest BCUT2D eigenvalue weighted by atomic mass is 10.2. The van der Waals surface area contributed by atoms with E-state index < -0.39 is 28.6 Å². The van der Waals surface area contributed by atoms with Crippen molar-refractivity contribution in [3.8, 4) is 0 Å². The zero-order valence-electron chi connectivity index (χ0n) is 10.7. The Kier molecular flexibility index (Phi) is 4.48. The summed E-state index contributed by atoms with van der Waals surface area (Å²) in [5, 5.41) is 18.3. The van der Waals surface area contributed by atoms with Gasteiger partial charge in [0.2, 0.25) is 10.0 Å². The molecule has 0 aliphatic carbocycles. The number of amides is 1. The lowest BCUT2D eigenvalue weighted by Crippen LogP contribution is -2.47. The van der Waals surface area contributed by atoms with Crippen molar-refractivity contribution in [2.75, 3.05) is 6.61 Å². The van der Waals surface area contributed by atoms with Gasteiger partial charge in [-0.2, -0.15) is 4.72 Å². The number of carbonyl (C=O) groups is 1.